The maximum atomic E-state index is 12.9. The number of alkyl halides is 3. The number of hydrogen-bond acceptors (Lipinski definition) is 2. The van der Waals surface area contributed by atoms with Crippen molar-refractivity contribution in [2.24, 2.45) is 0 Å². The van der Waals surface area contributed by atoms with Crippen molar-refractivity contribution < 1.29 is 13.2 Å². The van der Waals surface area contributed by atoms with Crippen LogP contribution in [-0.4, -0.2) is 9.13 Å². The number of imidazole rings is 1. The zero-order valence-corrected chi connectivity index (χ0v) is 12.4. The number of fused-ring (bicyclic) bond motifs is 5. The first-order valence-corrected chi connectivity index (χ1v) is 7.56. The topological polar surface area (TPSA) is 26.9 Å². The van der Waals surface area contributed by atoms with Crippen LogP contribution >= 0.6 is 12.6 Å². The number of thiol groups is 1. The molecule has 0 N–H and O–H groups in total. The van der Waals surface area contributed by atoms with Crippen LogP contribution in [0.2, 0.25) is 0 Å². The molecule has 7 heteroatoms. The van der Waals surface area contributed by atoms with Gasteiger partial charge in [0.1, 0.15) is 5.03 Å². The zero-order chi connectivity index (χ0) is 15.6. The molecule has 1 aromatic heterocycles. The summed E-state index contributed by atoms with van der Waals surface area (Å²) in [6.45, 7) is 0. The van der Waals surface area contributed by atoms with Gasteiger partial charge in [-0.05, 0) is 37.5 Å². The summed E-state index contributed by atoms with van der Waals surface area (Å²) >= 11 is 4.43. The highest BCUT2D eigenvalue weighted by Gasteiger charge is 2.41. The van der Waals surface area contributed by atoms with Crippen LogP contribution in [0.1, 0.15) is 42.5 Å². The van der Waals surface area contributed by atoms with Crippen LogP contribution in [0.15, 0.2) is 34.1 Å². The summed E-state index contributed by atoms with van der Waals surface area (Å²) < 4.78 is 41.6. The van der Waals surface area contributed by atoms with E-state index in [2.05, 4.69) is 12.6 Å². The standard InChI is InChI=1S/C15H13F3N2OS/c16-15(17,18)9-2-1-3-10(7-9)20-13(22)12-8-4-5-11(6-8)19(12)14(20)21/h1-3,7-8,11,22H,4-6H2. The number of nitrogens with zero attached hydrogens (tertiary/aromatic N) is 2. The minimum Gasteiger partial charge on any atom is -0.291 e. The molecular weight excluding hydrogens is 313 g/mol. The Balaban J connectivity index is 1.91. The van der Waals surface area contributed by atoms with Gasteiger partial charge in [-0.25, -0.2) is 4.79 Å². The van der Waals surface area contributed by atoms with E-state index in [-0.39, 0.29) is 17.4 Å². The van der Waals surface area contributed by atoms with Gasteiger partial charge in [-0.1, -0.05) is 6.07 Å². The van der Waals surface area contributed by atoms with E-state index in [0.717, 1.165) is 37.1 Å². The second kappa shape index (κ2) is 4.44. The molecule has 3 nitrogen and oxygen atoms in total. The average molecular weight is 326 g/mol. The fourth-order valence-corrected chi connectivity index (χ4v) is 4.24. The predicted molar refractivity (Wildman–Crippen MR) is 77.9 cm³/mol. The molecule has 2 unspecified atom stereocenters. The van der Waals surface area contributed by atoms with Crippen LogP contribution in [0.5, 0.6) is 0 Å². The predicted octanol–water partition coefficient (Wildman–Crippen LogP) is 3.77. The lowest BCUT2D eigenvalue weighted by Crippen LogP contribution is -2.25. The highest BCUT2D eigenvalue weighted by atomic mass is 32.1. The molecule has 1 saturated carbocycles. The molecule has 2 atom stereocenters. The van der Waals surface area contributed by atoms with Gasteiger partial charge in [0, 0.05) is 12.0 Å². The molecule has 116 valence electrons. The van der Waals surface area contributed by atoms with Crippen LogP contribution in [0.25, 0.3) is 5.69 Å². The Morgan fingerprint density at radius 3 is 2.68 bits per heavy atom. The Morgan fingerprint density at radius 1 is 1.23 bits per heavy atom. The van der Waals surface area contributed by atoms with Crippen LogP contribution in [0.4, 0.5) is 13.2 Å². The molecule has 1 fully saturated rings. The van der Waals surface area contributed by atoms with Gasteiger partial charge in [0.15, 0.2) is 0 Å². The van der Waals surface area contributed by atoms with Gasteiger partial charge >= 0.3 is 11.9 Å². The number of halogens is 3. The largest absolute Gasteiger partial charge is 0.416 e. The Kier molecular flexibility index (Phi) is 2.82. The van der Waals surface area contributed by atoms with E-state index in [9.17, 15) is 18.0 Å². The molecule has 2 bridgehead atoms. The van der Waals surface area contributed by atoms with E-state index < -0.39 is 11.7 Å². The van der Waals surface area contributed by atoms with Crippen molar-refractivity contribution in [3.63, 3.8) is 0 Å². The molecule has 0 saturated heterocycles. The Bertz CT molecular complexity index is 821. The summed E-state index contributed by atoms with van der Waals surface area (Å²) in [5.74, 6) is 0.303. The Labute approximate surface area is 129 Å². The number of rotatable bonds is 1. The first kappa shape index (κ1) is 14.0. The molecule has 22 heavy (non-hydrogen) atoms. The summed E-state index contributed by atoms with van der Waals surface area (Å²) in [6, 6.07) is 4.99. The minimum atomic E-state index is -4.43. The third-order valence-electron chi connectivity index (χ3n) is 4.69. The molecule has 0 spiro atoms. The molecule has 2 heterocycles. The monoisotopic (exact) mass is 326 g/mol. The minimum absolute atomic E-state index is 0.172. The lowest BCUT2D eigenvalue weighted by molar-refractivity contribution is -0.137. The maximum absolute atomic E-state index is 12.9. The SMILES string of the molecule is O=c1n(-c2cccc(C(F)(F)F)c2)c(S)c2n1C1CCC2C1. The highest BCUT2D eigenvalue weighted by Crippen LogP contribution is 2.49. The maximum Gasteiger partial charge on any atom is 0.416 e. The lowest BCUT2D eigenvalue weighted by Gasteiger charge is -2.12. The highest BCUT2D eigenvalue weighted by molar-refractivity contribution is 7.80. The average Bonchev–Trinajstić information content (AvgIpc) is 3.12. The van der Waals surface area contributed by atoms with Crippen LogP contribution < -0.4 is 5.69 Å². The normalized spacial score (nSPS) is 23.1. The van der Waals surface area contributed by atoms with Gasteiger partial charge in [-0.3, -0.25) is 9.13 Å². The smallest absolute Gasteiger partial charge is 0.291 e. The van der Waals surface area contributed by atoms with Crippen molar-refractivity contribution in [3.8, 4) is 5.69 Å². The third-order valence-corrected chi connectivity index (χ3v) is 5.12. The third kappa shape index (κ3) is 1.81. The quantitative estimate of drug-likeness (QED) is 0.794. The fourth-order valence-electron chi connectivity index (χ4n) is 3.75. The van der Waals surface area contributed by atoms with Crippen molar-refractivity contribution in [2.45, 2.75) is 42.4 Å². The molecule has 0 radical (unpaired) electrons. The van der Waals surface area contributed by atoms with E-state index in [4.69, 9.17) is 0 Å². The van der Waals surface area contributed by atoms with Crippen LogP contribution in [-0.2, 0) is 6.18 Å². The zero-order valence-electron chi connectivity index (χ0n) is 11.5. The lowest BCUT2D eigenvalue weighted by atomic mass is 10.1. The summed E-state index contributed by atoms with van der Waals surface area (Å²) in [4.78, 5) is 12.6. The Morgan fingerprint density at radius 2 is 2.00 bits per heavy atom. The van der Waals surface area contributed by atoms with Crippen molar-refractivity contribution in [1.82, 2.24) is 9.13 Å². The molecular formula is C15H13F3N2OS. The van der Waals surface area contributed by atoms with Gasteiger partial charge in [0.05, 0.1) is 16.9 Å². The second-order valence-electron chi connectivity index (χ2n) is 5.91. The Hall–Kier alpha value is -1.63. The van der Waals surface area contributed by atoms with Gasteiger partial charge in [0.25, 0.3) is 0 Å². The molecule has 2 aromatic rings. The van der Waals surface area contributed by atoms with Gasteiger partial charge in [-0.15, -0.1) is 12.6 Å². The van der Waals surface area contributed by atoms with E-state index in [1.54, 1.807) is 4.57 Å². The molecule has 2 aliphatic rings. The second-order valence-corrected chi connectivity index (χ2v) is 6.33. The van der Waals surface area contributed by atoms with Crippen molar-refractivity contribution in [3.05, 3.63) is 46.0 Å². The van der Waals surface area contributed by atoms with Gasteiger partial charge < -0.3 is 0 Å². The van der Waals surface area contributed by atoms with E-state index in [1.165, 1.54) is 16.7 Å². The molecule has 0 amide bonds. The number of aromatic nitrogens is 2. The molecule has 4 rings (SSSR count). The van der Waals surface area contributed by atoms with Gasteiger partial charge in [-0.2, -0.15) is 13.2 Å². The summed E-state index contributed by atoms with van der Waals surface area (Å²) in [5.41, 5.74) is 0.0404. The molecule has 1 aliphatic carbocycles. The summed E-state index contributed by atoms with van der Waals surface area (Å²) in [5, 5.41) is 0.469. The van der Waals surface area contributed by atoms with Crippen LogP contribution in [0.3, 0.4) is 0 Å². The van der Waals surface area contributed by atoms with Crippen molar-refractivity contribution >= 4 is 12.6 Å². The van der Waals surface area contributed by atoms with E-state index >= 15 is 0 Å². The van der Waals surface area contributed by atoms with Crippen LogP contribution in [0, 0.1) is 0 Å². The summed E-state index contributed by atoms with van der Waals surface area (Å²) in [7, 11) is 0. The summed E-state index contributed by atoms with van der Waals surface area (Å²) in [6.07, 6.45) is -1.51. The fraction of sp³-hybridized carbons (Fsp3) is 0.400. The first-order valence-electron chi connectivity index (χ1n) is 7.11. The van der Waals surface area contributed by atoms with E-state index in [1.807, 2.05) is 0 Å². The number of benzene rings is 1. The molecule has 1 aliphatic heterocycles. The van der Waals surface area contributed by atoms with Crippen molar-refractivity contribution in [2.75, 3.05) is 0 Å². The molecule has 1 aromatic carbocycles. The number of hydrogen-bond donors (Lipinski definition) is 1. The van der Waals surface area contributed by atoms with Crippen molar-refractivity contribution in [1.29, 1.82) is 0 Å². The van der Waals surface area contributed by atoms with Gasteiger partial charge in [0.2, 0.25) is 0 Å². The van der Waals surface area contributed by atoms with E-state index in [0.29, 0.717) is 10.9 Å². The first-order chi connectivity index (χ1) is 10.4.